The van der Waals surface area contributed by atoms with Gasteiger partial charge in [0.15, 0.2) is 12.3 Å². The Morgan fingerprint density at radius 1 is 1.18 bits per heavy atom. The molecule has 0 saturated carbocycles. The van der Waals surface area contributed by atoms with E-state index in [1.807, 2.05) is 0 Å². The first-order valence-electron chi connectivity index (χ1n) is 6.46. The highest BCUT2D eigenvalue weighted by Crippen LogP contribution is 2.16. The molecule has 2 aromatic rings. The van der Waals surface area contributed by atoms with E-state index in [0.717, 1.165) is 5.69 Å². The Kier molecular flexibility index (Phi) is 4.97. The summed E-state index contributed by atoms with van der Waals surface area (Å²) in [5, 5.41) is 6.41. The summed E-state index contributed by atoms with van der Waals surface area (Å²) in [6.07, 6.45) is 0. The van der Waals surface area contributed by atoms with Gasteiger partial charge in [-0.15, -0.1) is 0 Å². The van der Waals surface area contributed by atoms with Gasteiger partial charge in [-0.2, -0.15) is 5.10 Å². The molecule has 0 unspecified atom stereocenters. The largest absolute Gasteiger partial charge is 0.497 e. The Morgan fingerprint density at radius 2 is 1.86 bits per heavy atom. The van der Waals surface area contributed by atoms with Gasteiger partial charge in [-0.3, -0.25) is 25.5 Å². The lowest BCUT2D eigenvalue weighted by Gasteiger charge is -2.08. The van der Waals surface area contributed by atoms with Crippen LogP contribution in [0.1, 0.15) is 16.2 Å². The number of nitrogens with one attached hydrogen (secondary N) is 3. The van der Waals surface area contributed by atoms with Crippen molar-refractivity contribution in [1.82, 2.24) is 21.0 Å². The van der Waals surface area contributed by atoms with Gasteiger partial charge >= 0.3 is 0 Å². The number of ether oxygens (including phenoxy) is 2. The number of carbonyl (C=O) groups excluding carboxylic acids is 2. The van der Waals surface area contributed by atoms with Gasteiger partial charge in [-0.05, 0) is 37.3 Å². The van der Waals surface area contributed by atoms with Crippen LogP contribution in [0, 0.1) is 6.92 Å². The van der Waals surface area contributed by atoms with Crippen molar-refractivity contribution in [2.45, 2.75) is 6.92 Å². The average molecular weight is 304 g/mol. The van der Waals surface area contributed by atoms with Crippen LogP contribution in [0.3, 0.4) is 0 Å². The molecular formula is C14H16N4O4. The molecule has 0 aliphatic carbocycles. The zero-order chi connectivity index (χ0) is 15.9. The summed E-state index contributed by atoms with van der Waals surface area (Å²) in [6.45, 7) is 1.54. The van der Waals surface area contributed by atoms with Crippen molar-refractivity contribution in [2.75, 3.05) is 13.7 Å². The summed E-state index contributed by atoms with van der Waals surface area (Å²) in [5.74, 6) is 0.210. The number of hydrogen-bond acceptors (Lipinski definition) is 5. The smallest absolute Gasteiger partial charge is 0.290 e. The average Bonchev–Trinajstić information content (AvgIpc) is 2.97. The van der Waals surface area contributed by atoms with Crippen LogP contribution in [0.25, 0.3) is 0 Å². The maximum absolute atomic E-state index is 11.6. The van der Waals surface area contributed by atoms with Crippen molar-refractivity contribution in [3.63, 3.8) is 0 Å². The van der Waals surface area contributed by atoms with Crippen molar-refractivity contribution < 1.29 is 19.1 Å². The van der Waals surface area contributed by atoms with Gasteiger partial charge < -0.3 is 9.47 Å². The predicted octanol–water partition coefficient (Wildman–Crippen LogP) is 0.567. The quantitative estimate of drug-likeness (QED) is 0.700. The van der Waals surface area contributed by atoms with Crippen LogP contribution in [-0.2, 0) is 4.79 Å². The number of H-pyrrole nitrogens is 1. The number of hydrogen-bond donors (Lipinski definition) is 3. The van der Waals surface area contributed by atoms with Gasteiger partial charge in [-0.25, -0.2) is 0 Å². The minimum atomic E-state index is -0.512. The summed E-state index contributed by atoms with van der Waals surface area (Å²) in [5.41, 5.74) is 5.42. The summed E-state index contributed by atoms with van der Waals surface area (Å²) < 4.78 is 10.3. The first-order valence-corrected chi connectivity index (χ1v) is 6.46. The summed E-state index contributed by atoms with van der Waals surface area (Å²) in [7, 11) is 1.56. The highest BCUT2D eigenvalue weighted by Gasteiger charge is 2.10. The van der Waals surface area contributed by atoms with Gasteiger partial charge in [0.2, 0.25) is 0 Å². The number of nitrogens with zero attached hydrogens (tertiary/aromatic N) is 1. The Bertz CT molecular complexity index is 651. The number of methoxy groups -OCH3 is 1. The third-order valence-corrected chi connectivity index (χ3v) is 2.68. The molecule has 0 spiro atoms. The maximum Gasteiger partial charge on any atom is 0.290 e. The number of hydrazine groups is 1. The minimum absolute atomic E-state index is 0.189. The van der Waals surface area contributed by atoms with Gasteiger partial charge in [0.05, 0.1) is 7.11 Å². The third kappa shape index (κ3) is 4.23. The third-order valence-electron chi connectivity index (χ3n) is 2.68. The number of rotatable bonds is 5. The molecule has 1 aromatic carbocycles. The first-order chi connectivity index (χ1) is 10.6. The van der Waals surface area contributed by atoms with E-state index >= 15 is 0 Å². The molecular weight excluding hydrogens is 288 g/mol. The molecule has 8 nitrogen and oxygen atoms in total. The predicted molar refractivity (Wildman–Crippen MR) is 77.4 cm³/mol. The lowest BCUT2D eigenvalue weighted by atomic mass is 10.3. The zero-order valence-corrected chi connectivity index (χ0v) is 12.2. The highest BCUT2D eigenvalue weighted by molar-refractivity contribution is 5.93. The van der Waals surface area contributed by atoms with E-state index in [9.17, 15) is 9.59 Å². The van der Waals surface area contributed by atoms with Gasteiger partial charge in [0, 0.05) is 5.69 Å². The summed E-state index contributed by atoms with van der Waals surface area (Å²) >= 11 is 0. The molecule has 22 heavy (non-hydrogen) atoms. The van der Waals surface area contributed by atoms with E-state index in [0.29, 0.717) is 11.5 Å². The van der Waals surface area contributed by atoms with Crippen molar-refractivity contribution in [2.24, 2.45) is 0 Å². The van der Waals surface area contributed by atoms with Crippen LogP contribution in [0.15, 0.2) is 30.3 Å². The number of aryl methyl sites for hydroxylation is 1. The lowest BCUT2D eigenvalue weighted by molar-refractivity contribution is -0.123. The van der Waals surface area contributed by atoms with Crippen molar-refractivity contribution in [1.29, 1.82) is 0 Å². The minimum Gasteiger partial charge on any atom is -0.497 e. The molecule has 0 aliphatic rings. The van der Waals surface area contributed by atoms with E-state index < -0.39 is 11.8 Å². The summed E-state index contributed by atoms with van der Waals surface area (Å²) in [6, 6.07) is 8.35. The van der Waals surface area contributed by atoms with Crippen molar-refractivity contribution >= 4 is 11.8 Å². The molecule has 0 aliphatic heterocycles. The number of carbonyl (C=O) groups is 2. The number of benzene rings is 1. The zero-order valence-electron chi connectivity index (χ0n) is 12.2. The Labute approximate surface area is 126 Å². The van der Waals surface area contributed by atoms with E-state index in [1.54, 1.807) is 44.4 Å². The number of amides is 2. The second-order valence-corrected chi connectivity index (χ2v) is 4.40. The van der Waals surface area contributed by atoms with E-state index in [2.05, 4.69) is 21.0 Å². The first kappa shape index (κ1) is 15.4. The van der Waals surface area contributed by atoms with Crippen molar-refractivity contribution in [3.8, 4) is 11.5 Å². The van der Waals surface area contributed by atoms with E-state index in [1.165, 1.54) is 0 Å². The van der Waals surface area contributed by atoms with Crippen LogP contribution in [-0.4, -0.2) is 35.7 Å². The molecule has 0 bridgehead atoms. The van der Waals surface area contributed by atoms with E-state index in [4.69, 9.17) is 9.47 Å². The van der Waals surface area contributed by atoms with Gasteiger partial charge in [-0.1, -0.05) is 0 Å². The molecule has 3 N–H and O–H groups in total. The Morgan fingerprint density at radius 3 is 2.45 bits per heavy atom. The second kappa shape index (κ2) is 7.11. The fraction of sp³-hybridized carbons (Fsp3) is 0.214. The maximum atomic E-state index is 11.6. The molecule has 2 rings (SSSR count). The standard InChI is InChI=1S/C14H16N4O4/c1-9-7-12(16-15-9)14(20)18-17-13(19)8-22-11-5-3-10(21-2)4-6-11/h3-7H,8H2,1-2H3,(H,15,16)(H,17,19)(H,18,20). The molecule has 8 heteroatoms. The molecule has 116 valence electrons. The van der Waals surface area contributed by atoms with Gasteiger partial charge in [0.1, 0.15) is 11.5 Å². The molecule has 2 amide bonds. The molecule has 0 fully saturated rings. The van der Waals surface area contributed by atoms with Crippen molar-refractivity contribution in [3.05, 3.63) is 41.7 Å². The molecule has 0 atom stereocenters. The van der Waals surface area contributed by atoms with Crippen LogP contribution in [0.4, 0.5) is 0 Å². The molecule has 0 saturated heterocycles. The second-order valence-electron chi connectivity index (χ2n) is 4.40. The number of aromatic amines is 1. The number of aromatic nitrogens is 2. The van der Waals surface area contributed by atoms with Crippen LogP contribution >= 0.6 is 0 Å². The fourth-order valence-corrected chi connectivity index (χ4v) is 1.58. The van der Waals surface area contributed by atoms with Crippen LogP contribution in [0.2, 0.25) is 0 Å². The Hall–Kier alpha value is -3.03. The fourth-order valence-electron chi connectivity index (χ4n) is 1.58. The topological polar surface area (TPSA) is 105 Å². The SMILES string of the molecule is COc1ccc(OCC(=O)NNC(=O)c2cc(C)[nH]n2)cc1. The van der Waals surface area contributed by atoms with Crippen LogP contribution < -0.4 is 20.3 Å². The van der Waals surface area contributed by atoms with E-state index in [-0.39, 0.29) is 12.3 Å². The normalized spacial score (nSPS) is 9.91. The molecule has 0 radical (unpaired) electrons. The lowest BCUT2D eigenvalue weighted by Crippen LogP contribution is -2.44. The summed E-state index contributed by atoms with van der Waals surface area (Å²) in [4.78, 5) is 23.2. The Balaban J connectivity index is 1.74. The molecule has 1 heterocycles. The molecule has 1 aromatic heterocycles. The van der Waals surface area contributed by atoms with Crippen LogP contribution in [0.5, 0.6) is 11.5 Å². The monoisotopic (exact) mass is 304 g/mol. The highest BCUT2D eigenvalue weighted by atomic mass is 16.5. The van der Waals surface area contributed by atoms with Gasteiger partial charge in [0.25, 0.3) is 11.8 Å².